The zero-order chi connectivity index (χ0) is 21.4. The second-order valence-electron chi connectivity index (χ2n) is 7.57. The fourth-order valence-electron chi connectivity index (χ4n) is 4.24. The van der Waals surface area contributed by atoms with Crippen molar-refractivity contribution >= 4 is 23.0 Å². The molecule has 0 bridgehead atoms. The van der Waals surface area contributed by atoms with E-state index in [0.29, 0.717) is 17.1 Å². The van der Waals surface area contributed by atoms with E-state index < -0.39 is 0 Å². The Kier molecular flexibility index (Phi) is 4.90. The number of carbonyl (C=O) groups is 1. The molecule has 6 heteroatoms. The smallest absolute Gasteiger partial charge is 0.262 e. The van der Waals surface area contributed by atoms with Crippen molar-refractivity contribution in [3.8, 4) is 11.5 Å². The van der Waals surface area contributed by atoms with Crippen molar-refractivity contribution in [3.63, 3.8) is 0 Å². The van der Waals surface area contributed by atoms with Gasteiger partial charge in [-0.2, -0.15) is 0 Å². The lowest BCUT2D eigenvalue weighted by Gasteiger charge is -2.38. The van der Waals surface area contributed by atoms with Crippen molar-refractivity contribution in [1.29, 1.82) is 0 Å². The van der Waals surface area contributed by atoms with Crippen molar-refractivity contribution in [2.75, 3.05) is 35.0 Å². The second kappa shape index (κ2) is 7.87. The van der Waals surface area contributed by atoms with E-state index in [9.17, 15) is 4.79 Å². The van der Waals surface area contributed by atoms with Gasteiger partial charge in [-0.3, -0.25) is 9.69 Å². The molecule has 1 N–H and O–H groups in total. The minimum atomic E-state index is -0.339. The summed E-state index contributed by atoms with van der Waals surface area (Å²) in [7, 11) is 0. The molecule has 5 rings (SSSR count). The van der Waals surface area contributed by atoms with E-state index in [-0.39, 0.29) is 18.9 Å². The van der Waals surface area contributed by atoms with Crippen molar-refractivity contribution in [3.05, 3.63) is 77.9 Å². The molecular weight excluding hydrogens is 390 g/mol. The summed E-state index contributed by atoms with van der Waals surface area (Å²) in [6.45, 7) is 6.40. The number of carbonyl (C=O) groups excluding carboxylic acids is 1. The van der Waals surface area contributed by atoms with Gasteiger partial charge in [-0.15, -0.1) is 0 Å². The molecule has 1 atom stereocenters. The summed E-state index contributed by atoms with van der Waals surface area (Å²) in [5.74, 6) is 1.30. The molecule has 2 aliphatic heterocycles. The molecule has 3 aromatic carbocycles. The Hall–Kier alpha value is -3.67. The van der Waals surface area contributed by atoms with Crippen LogP contribution in [0.5, 0.6) is 11.5 Å². The molecule has 2 heterocycles. The van der Waals surface area contributed by atoms with Crippen LogP contribution in [0.25, 0.3) is 0 Å². The fraction of sp³-hybridized carbons (Fsp3) is 0.240. The van der Waals surface area contributed by atoms with Gasteiger partial charge in [0.05, 0.1) is 11.3 Å². The SMILES string of the molecule is CCN(CC)c1ccc(C2Nc3ccccc3C(=O)N2c2ccc3c(c2)OCO3)cc1. The van der Waals surface area contributed by atoms with E-state index in [1.54, 1.807) is 4.90 Å². The summed E-state index contributed by atoms with van der Waals surface area (Å²) in [5.41, 5.74) is 4.43. The maximum absolute atomic E-state index is 13.6. The van der Waals surface area contributed by atoms with Gasteiger partial charge in [0.2, 0.25) is 6.79 Å². The van der Waals surface area contributed by atoms with Gasteiger partial charge in [0.25, 0.3) is 5.91 Å². The van der Waals surface area contributed by atoms with E-state index >= 15 is 0 Å². The molecule has 0 fully saturated rings. The molecule has 0 aliphatic carbocycles. The van der Waals surface area contributed by atoms with E-state index in [2.05, 4.69) is 48.3 Å². The van der Waals surface area contributed by atoms with Crippen LogP contribution < -0.4 is 24.6 Å². The monoisotopic (exact) mass is 415 g/mol. The number of hydrogen-bond acceptors (Lipinski definition) is 5. The first-order valence-corrected chi connectivity index (χ1v) is 10.6. The quantitative estimate of drug-likeness (QED) is 0.633. The summed E-state index contributed by atoms with van der Waals surface area (Å²) in [6.07, 6.45) is -0.339. The summed E-state index contributed by atoms with van der Waals surface area (Å²) >= 11 is 0. The van der Waals surface area contributed by atoms with Crippen LogP contribution in [0.2, 0.25) is 0 Å². The molecule has 0 saturated heterocycles. The maximum Gasteiger partial charge on any atom is 0.262 e. The number of para-hydroxylation sites is 1. The molecule has 6 nitrogen and oxygen atoms in total. The number of amides is 1. The van der Waals surface area contributed by atoms with Gasteiger partial charge in [-0.1, -0.05) is 24.3 Å². The lowest BCUT2D eigenvalue weighted by atomic mass is 10.0. The lowest BCUT2D eigenvalue weighted by Crippen LogP contribution is -2.43. The molecule has 1 unspecified atom stereocenters. The van der Waals surface area contributed by atoms with Gasteiger partial charge < -0.3 is 19.7 Å². The number of nitrogens with one attached hydrogen (secondary N) is 1. The predicted octanol–water partition coefficient (Wildman–Crippen LogP) is 5.03. The van der Waals surface area contributed by atoms with Crippen molar-refractivity contribution in [1.82, 2.24) is 0 Å². The third-order valence-electron chi connectivity index (χ3n) is 5.90. The normalized spacial score (nSPS) is 16.6. The highest BCUT2D eigenvalue weighted by molar-refractivity contribution is 6.12. The van der Waals surface area contributed by atoms with Crippen LogP contribution in [0.1, 0.15) is 35.9 Å². The molecule has 2 aliphatic rings. The van der Waals surface area contributed by atoms with E-state index in [4.69, 9.17) is 9.47 Å². The molecule has 0 radical (unpaired) electrons. The molecule has 31 heavy (non-hydrogen) atoms. The summed E-state index contributed by atoms with van der Waals surface area (Å²) < 4.78 is 11.0. The highest BCUT2D eigenvalue weighted by Gasteiger charge is 2.34. The van der Waals surface area contributed by atoms with Crippen molar-refractivity contribution in [2.45, 2.75) is 20.0 Å². The van der Waals surface area contributed by atoms with Crippen LogP contribution in [-0.2, 0) is 0 Å². The molecule has 0 saturated carbocycles. The minimum absolute atomic E-state index is 0.0500. The molecule has 3 aromatic rings. The number of hydrogen-bond donors (Lipinski definition) is 1. The number of ether oxygens (including phenoxy) is 2. The van der Waals surface area contributed by atoms with Crippen LogP contribution in [0.3, 0.4) is 0 Å². The largest absolute Gasteiger partial charge is 0.454 e. The van der Waals surface area contributed by atoms with Crippen molar-refractivity contribution < 1.29 is 14.3 Å². The molecule has 1 amide bonds. The van der Waals surface area contributed by atoms with Crippen LogP contribution in [0.15, 0.2) is 66.7 Å². The van der Waals surface area contributed by atoms with Gasteiger partial charge in [-0.25, -0.2) is 0 Å². The Labute approximate surface area is 182 Å². The summed E-state index contributed by atoms with van der Waals surface area (Å²) in [5, 5.41) is 3.56. The molecule has 0 aromatic heterocycles. The first kappa shape index (κ1) is 19.3. The average Bonchev–Trinajstić information content (AvgIpc) is 3.28. The highest BCUT2D eigenvalue weighted by Crippen LogP contribution is 2.41. The predicted molar refractivity (Wildman–Crippen MR) is 122 cm³/mol. The number of benzene rings is 3. The second-order valence-corrected chi connectivity index (χ2v) is 7.57. The number of nitrogens with zero attached hydrogens (tertiary/aromatic N) is 2. The van der Waals surface area contributed by atoms with Crippen LogP contribution in [0.4, 0.5) is 17.1 Å². The van der Waals surface area contributed by atoms with Gasteiger partial charge in [0, 0.05) is 30.5 Å². The van der Waals surface area contributed by atoms with Crippen LogP contribution in [-0.4, -0.2) is 25.8 Å². The third-order valence-corrected chi connectivity index (χ3v) is 5.90. The fourth-order valence-corrected chi connectivity index (χ4v) is 4.24. The topological polar surface area (TPSA) is 54.0 Å². The first-order chi connectivity index (χ1) is 15.2. The molecular formula is C25H25N3O3. The van der Waals surface area contributed by atoms with E-state index in [1.165, 1.54) is 5.69 Å². The van der Waals surface area contributed by atoms with E-state index in [0.717, 1.165) is 30.0 Å². The van der Waals surface area contributed by atoms with Gasteiger partial charge in [0.15, 0.2) is 11.5 Å². The maximum atomic E-state index is 13.6. The number of fused-ring (bicyclic) bond motifs is 2. The number of anilines is 3. The first-order valence-electron chi connectivity index (χ1n) is 10.6. The van der Waals surface area contributed by atoms with Gasteiger partial charge in [-0.05, 0) is 55.8 Å². The zero-order valence-electron chi connectivity index (χ0n) is 17.7. The highest BCUT2D eigenvalue weighted by atomic mass is 16.7. The Morgan fingerprint density at radius 3 is 2.48 bits per heavy atom. The molecule has 0 spiro atoms. The average molecular weight is 415 g/mol. The third kappa shape index (κ3) is 3.34. The summed E-state index contributed by atoms with van der Waals surface area (Å²) in [6, 6.07) is 21.7. The Morgan fingerprint density at radius 1 is 0.968 bits per heavy atom. The standard InChI is InChI=1S/C25H25N3O3/c1-3-27(4-2)18-11-9-17(10-12-18)24-26-21-8-6-5-7-20(21)25(29)28(24)19-13-14-22-23(15-19)31-16-30-22/h5-15,24,26H,3-4,16H2,1-2H3. The van der Waals surface area contributed by atoms with Gasteiger partial charge >= 0.3 is 0 Å². The van der Waals surface area contributed by atoms with E-state index in [1.807, 2.05) is 42.5 Å². The lowest BCUT2D eigenvalue weighted by molar-refractivity contribution is 0.0975. The van der Waals surface area contributed by atoms with Crippen LogP contribution in [0, 0.1) is 0 Å². The molecule has 158 valence electrons. The Balaban J connectivity index is 1.57. The van der Waals surface area contributed by atoms with Crippen LogP contribution >= 0.6 is 0 Å². The number of rotatable bonds is 5. The Bertz CT molecular complexity index is 1110. The zero-order valence-corrected chi connectivity index (χ0v) is 17.7. The minimum Gasteiger partial charge on any atom is -0.454 e. The summed E-state index contributed by atoms with van der Waals surface area (Å²) in [4.78, 5) is 17.7. The van der Waals surface area contributed by atoms with Gasteiger partial charge in [0.1, 0.15) is 6.17 Å². The van der Waals surface area contributed by atoms with Crippen molar-refractivity contribution in [2.24, 2.45) is 0 Å². The Morgan fingerprint density at radius 2 is 1.71 bits per heavy atom.